The molecule has 5 nitrogen and oxygen atoms in total. The molecule has 0 saturated carbocycles. The van der Waals surface area contributed by atoms with Crippen molar-refractivity contribution in [3.63, 3.8) is 0 Å². The van der Waals surface area contributed by atoms with Crippen molar-refractivity contribution in [3.8, 4) is 0 Å². The summed E-state index contributed by atoms with van der Waals surface area (Å²) in [6.45, 7) is 6.16. The maximum Gasteiger partial charge on any atom is 0.251 e. The zero-order valence-electron chi connectivity index (χ0n) is 12.3. The predicted molar refractivity (Wildman–Crippen MR) is 80.4 cm³/mol. The van der Waals surface area contributed by atoms with E-state index in [1.807, 2.05) is 20.8 Å². The van der Waals surface area contributed by atoms with Gasteiger partial charge in [0.1, 0.15) is 0 Å². The third-order valence-corrected chi connectivity index (χ3v) is 3.20. The van der Waals surface area contributed by atoms with Gasteiger partial charge in [0.2, 0.25) is 5.91 Å². The minimum absolute atomic E-state index is 0.0527. The fourth-order valence-electron chi connectivity index (χ4n) is 1.62. The summed E-state index contributed by atoms with van der Waals surface area (Å²) in [6, 6.07) is 5.33. The molecule has 0 aliphatic carbocycles. The van der Waals surface area contributed by atoms with Gasteiger partial charge in [-0.1, -0.05) is 13.0 Å². The SMILES string of the molecule is CCC(C)NC(=O)CCNC(=O)c1ccc(C)c(N)c1. The van der Waals surface area contributed by atoms with Crippen molar-refractivity contribution in [2.24, 2.45) is 0 Å². The minimum Gasteiger partial charge on any atom is -0.398 e. The Kier molecular flexibility index (Phi) is 6.03. The molecular weight excluding hydrogens is 254 g/mol. The van der Waals surface area contributed by atoms with E-state index in [-0.39, 0.29) is 24.3 Å². The highest BCUT2D eigenvalue weighted by Gasteiger charge is 2.09. The number of hydrogen-bond donors (Lipinski definition) is 3. The average Bonchev–Trinajstić information content (AvgIpc) is 2.41. The van der Waals surface area contributed by atoms with E-state index in [2.05, 4.69) is 10.6 Å². The highest BCUT2D eigenvalue weighted by molar-refractivity contribution is 5.95. The van der Waals surface area contributed by atoms with Crippen LogP contribution in [0.4, 0.5) is 5.69 Å². The van der Waals surface area contributed by atoms with Crippen LogP contribution in [-0.2, 0) is 4.79 Å². The summed E-state index contributed by atoms with van der Waals surface area (Å²) in [6.07, 6.45) is 1.16. The van der Waals surface area contributed by atoms with Crippen LogP contribution in [0.3, 0.4) is 0 Å². The summed E-state index contributed by atoms with van der Waals surface area (Å²) in [5.41, 5.74) is 7.80. The molecule has 0 radical (unpaired) electrons. The molecule has 0 bridgehead atoms. The molecule has 0 aromatic heterocycles. The standard InChI is InChI=1S/C15H23N3O2/c1-4-11(3)18-14(19)7-8-17-15(20)12-6-5-10(2)13(16)9-12/h5-6,9,11H,4,7-8,16H2,1-3H3,(H,17,20)(H,18,19). The first-order valence-electron chi connectivity index (χ1n) is 6.87. The van der Waals surface area contributed by atoms with Gasteiger partial charge in [-0.3, -0.25) is 9.59 Å². The number of hydrogen-bond acceptors (Lipinski definition) is 3. The number of amides is 2. The molecule has 0 spiro atoms. The zero-order chi connectivity index (χ0) is 15.1. The third kappa shape index (κ3) is 4.91. The van der Waals surface area contributed by atoms with Crippen LogP contribution >= 0.6 is 0 Å². The van der Waals surface area contributed by atoms with Crippen LogP contribution in [0.2, 0.25) is 0 Å². The zero-order valence-corrected chi connectivity index (χ0v) is 12.3. The van der Waals surface area contributed by atoms with E-state index >= 15 is 0 Å². The number of aryl methyl sites for hydroxylation is 1. The molecule has 0 saturated heterocycles. The quantitative estimate of drug-likeness (QED) is 0.691. The van der Waals surface area contributed by atoms with Gasteiger partial charge >= 0.3 is 0 Å². The lowest BCUT2D eigenvalue weighted by atomic mass is 10.1. The number of benzene rings is 1. The Morgan fingerprint density at radius 3 is 2.65 bits per heavy atom. The number of carbonyl (C=O) groups excluding carboxylic acids is 2. The van der Waals surface area contributed by atoms with Gasteiger partial charge in [-0.05, 0) is 38.0 Å². The van der Waals surface area contributed by atoms with Gasteiger partial charge in [0, 0.05) is 30.3 Å². The minimum atomic E-state index is -0.215. The number of nitrogen functional groups attached to an aromatic ring is 1. The van der Waals surface area contributed by atoms with E-state index in [1.165, 1.54) is 0 Å². The van der Waals surface area contributed by atoms with Crippen LogP contribution < -0.4 is 16.4 Å². The summed E-state index contributed by atoms with van der Waals surface area (Å²) in [5.74, 6) is -0.267. The number of nitrogens with one attached hydrogen (secondary N) is 2. The van der Waals surface area contributed by atoms with Crippen LogP contribution in [0.15, 0.2) is 18.2 Å². The fraction of sp³-hybridized carbons (Fsp3) is 0.467. The van der Waals surface area contributed by atoms with Crippen LogP contribution in [0.1, 0.15) is 42.6 Å². The summed E-state index contributed by atoms with van der Waals surface area (Å²) in [4.78, 5) is 23.4. The van der Waals surface area contributed by atoms with Crippen molar-refractivity contribution in [2.45, 2.75) is 39.7 Å². The number of carbonyl (C=O) groups is 2. The van der Waals surface area contributed by atoms with Crippen LogP contribution in [-0.4, -0.2) is 24.4 Å². The van der Waals surface area contributed by atoms with Gasteiger partial charge < -0.3 is 16.4 Å². The molecule has 4 N–H and O–H groups in total. The Morgan fingerprint density at radius 1 is 1.35 bits per heavy atom. The van der Waals surface area contributed by atoms with Crippen LogP contribution in [0, 0.1) is 6.92 Å². The Hall–Kier alpha value is -2.04. The van der Waals surface area contributed by atoms with E-state index in [1.54, 1.807) is 18.2 Å². The van der Waals surface area contributed by atoms with E-state index in [0.717, 1.165) is 12.0 Å². The maximum atomic E-state index is 11.9. The molecule has 5 heteroatoms. The summed E-state index contributed by atoms with van der Waals surface area (Å²) >= 11 is 0. The van der Waals surface area contributed by atoms with Crippen LogP contribution in [0.5, 0.6) is 0 Å². The molecule has 1 rings (SSSR count). The number of rotatable bonds is 6. The maximum absolute atomic E-state index is 11.9. The van der Waals surface area contributed by atoms with E-state index in [4.69, 9.17) is 5.73 Å². The number of nitrogens with two attached hydrogens (primary N) is 1. The molecule has 0 aliphatic heterocycles. The third-order valence-electron chi connectivity index (χ3n) is 3.20. The number of anilines is 1. The average molecular weight is 277 g/mol. The van der Waals surface area contributed by atoms with Crippen molar-refractivity contribution < 1.29 is 9.59 Å². The molecule has 0 aliphatic rings. The molecular formula is C15H23N3O2. The van der Waals surface area contributed by atoms with E-state index < -0.39 is 0 Å². The first kappa shape index (κ1) is 16.0. The van der Waals surface area contributed by atoms with Crippen molar-refractivity contribution in [2.75, 3.05) is 12.3 Å². The molecule has 1 aromatic rings. The summed E-state index contributed by atoms with van der Waals surface area (Å²) in [5, 5.41) is 5.56. The van der Waals surface area contributed by atoms with Crippen molar-refractivity contribution in [3.05, 3.63) is 29.3 Å². The highest BCUT2D eigenvalue weighted by atomic mass is 16.2. The molecule has 0 fully saturated rings. The van der Waals surface area contributed by atoms with Gasteiger partial charge in [0.05, 0.1) is 0 Å². The van der Waals surface area contributed by atoms with Gasteiger partial charge in [0.15, 0.2) is 0 Å². The predicted octanol–water partition coefficient (Wildman–Crippen LogP) is 1.61. The molecule has 1 unspecified atom stereocenters. The molecule has 20 heavy (non-hydrogen) atoms. The lowest BCUT2D eigenvalue weighted by molar-refractivity contribution is -0.121. The van der Waals surface area contributed by atoms with Crippen molar-refractivity contribution in [1.29, 1.82) is 0 Å². The van der Waals surface area contributed by atoms with Crippen LogP contribution in [0.25, 0.3) is 0 Å². The van der Waals surface area contributed by atoms with Gasteiger partial charge in [-0.25, -0.2) is 0 Å². The topological polar surface area (TPSA) is 84.2 Å². The molecule has 1 atom stereocenters. The van der Waals surface area contributed by atoms with Gasteiger partial charge in [-0.2, -0.15) is 0 Å². The first-order chi connectivity index (χ1) is 9.43. The molecule has 0 heterocycles. The summed E-state index contributed by atoms with van der Waals surface area (Å²) < 4.78 is 0. The lowest BCUT2D eigenvalue weighted by Crippen LogP contribution is -2.35. The second-order valence-electron chi connectivity index (χ2n) is 4.95. The molecule has 2 amide bonds. The van der Waals surface area contributed by atoms with E-state index in [9.17, 15) is 9.59 Å². The van der Waals surface area contributed by atoms with Crippen molar-refractivity contribution >= 4 is 17.5 Å². The highest BCUT2D eigenvalue weighted by Crippen LogP contribution is 2.12. The molecule has 1 aromatic carbocycles. The fourth-order valence-corrected chi connectivity index (χ4v) is 1.62. The van der Waals surface area contributed by atoms with Crippen molar-refractivity contribution in [1.82, 2.24) is 10.6 Å². The van der Waals surface area contributed by atoms with Gasteiger partial charge in [-0.15, -0.1) is 0 Å². The monoisotopic (exact) mass is 277 g/mol. The van der Waals surface area contributed by atoms with E-state index in [0.29, 0.717) is 17.8 Å². The Bertz CT molecular complexity index is 486. The van der Waals surface area contributed by atoms with Gasteiger partial charge in [0.25, 0.3) is 5.91 Å². The first-order valence-corrected chi connectivity index (χ1v) is 6.87. The second kappa shape index (κ2) is 7.53. The second-order valence-corrected chi connectivity index (χ2v) is 4.95. The Labute approximate surface area is 119 Å². The smallest absolute Gasteiger partial charge is 0.251 e. The largest absolute Gasteiger partial charge is 0.398 e. The molecule has 110 valence electrons. The lowest BCUT2D eigenvalue weighted by Gasteiger charge is -2.11. The Morgan fingerprint density at radius 2 is 2.05 bits per heavy atom. The Balaban J connectivity index is 2.40. The normalized spacial score (nSPS) is 11.8. The summed E-state index contributed by atoms with van der Waals surface area (Å²) in [7, 11) is 0.